The summed E-state index contributed by atoms with van der Waals surface area (Å²) in [7, 11) is 0. The second kappa shape index (κ2) is 5.68. The third kappa shape index (κ3) is 3.32. The summed E-state index contributed by atoms with van der Waals surface area (Å²) in [5.74, 6) is 1.02. The van der Waals surface area contributed by atoms with Gasteiger partial charge in [0.2, 0.25) is 0 Å². The van der Waals surface area contributed by atoms with Gasteiger partial charge in [0, 0.05) is 19.6 Å². The average Bonchev–Trinajstić information content (AvgIpc) is 3.16. The second-order valence-corrected chi connectivity index (χ2v) is 5.20. The maximum absolute atomic E-state index is 2.63. The predicted molar refractivity (Wildman–Crippen MR) is 74.2 cm³/mol. The first-order chi connectivity index (χ1) is 8.31. The van der Waals surface area contributed by atoms with Gasteiger partial charge < -0.3 is 0 Å². The van der Waals surface area contributed by atoms with Gasteiger partial charge >= 0.3 is 0 Å². The van der Waals surface area contributed by atoms with Crippen molar-refractivity contribution in [2.24, 2.45) is 5.92 Å². The van der Waals surface area contributed by atoms with E-state index in [-0.39, 0.29) is 0 Å². The molecule has 0 bridgehead atoms. The standard InChI is InChI=1S/C14H19N.C2H6/c1-11-2-5-14-10-15(9-12-3-4-12)7-6-13(14)8-11;1-2/h2,5,8,12H,3-4,6-7,9-10H2,1H3;1-2H3. The van der Waals surface area contributed by atoms with E-state index in [1.54, 1.807) is 11.1 Å². The molecular weight excluding hydrogens is 206 g/mol. The molecule has 0 N–H and O–H groups in total. The highest BCUT2D eigenvalue weighted by atomic mass is 15.1. The maximum Gasteiger partial charge on any atom is 0.0236 e. The summed E-state index contributed by atoms with van der Waals surface area (Å²) in [4.78, 5) is 2.63. The molecule has 0 atom stereocenters. The summed E-state index contributed by atoms with van der Waals surface area (Å²) in [5.41, 5.74) is 4.55. The highest BCUT2D eigenvalue weighted by Gasteiger charge is 2.26. The third-order valence-corrected chi connectivity index (χ3v) is 3.67. The van der Waals surface area contributed by atoms with Crippen molar-refractivity contribution in [1.29, 1.82) is 0 Å². The molecule has 17 heavy (non-hydrogen) atoms. The zero-order valence-electron chi connectivity index (χ0n) is 11.5. The largest absolute Gasteiger partial charge is 0.298 e. The fourth-order valence-corrected chi connectivity index (χ4v) is 2.56. The molecule has 1 aromatic carbocycles. The number of nitrogens with zero attached hydrogens (tertiary/aromatic N) is 1. The summed E-state index contributed by atoms with van der Waals surface area (Å²) in [5, 5.41) is 0. The molecule has 1 saturated carbocycles. The Bertz CT molecular complexity index is 366. The van der Waals surface area contributed by atoms with Gasteiger partial charge in [-0.05, 0) is 43.2 Å². The monoisotopic (exact) mass is 231 g/mol. The predicted octanol–water partition coefficient (Wildman–Crippen LogP) is 3.79. The Morgan fingerprint density at radius 3 is 2.65 bits per heavy atom. The van der Waals surface area contributed by atoms with Crippen LogP contribution in [0.5, 0.6) is 0 Å². The van der Waals surface area contributed by atoms with Crippen LogP contribution < -0.4 is 0 Å². The Labute approximate surface area is 106 Å². The molecule has 1 heteroatoms. The molecule has 1 fully saturated rings. The smallest absolute Gasteiger partial charge is 0.0236 e. The molecule has 1 aromatic rings. The molecule has 2 aliphatic rings. The number of aryl methyl sites for hydroxylation is 1. The zero-order chi connectivity index (χ0) is 12.3. The van der Waals surface area contributed by atoms with Crippen LogP contribution in [0.15, 0.2) is 18.2 Å². The average molecular weight is 231 g/mol. The van der Waals surface area contributed by atoms with Crippen LogP contribution >= 0.6 is 0 Å². The van der Waals surface area contributed by atoms with E-state index in [2.05, 4.69) is 30.0 Å². The third-order valence-electron chi connectivity index (χ3n) is 3.67. The van der Waals surface area contributed by atoms with Crippen molar-refractivity contribution in [3.63, 3.8) is 0 Å². The quantitative estimate of drug-likeness (QED) is 0.748. The van der Waals surface area contributed by atoms with Gasteiger partial charge in [-0.1, -0.05) is 37.6 Å². The van der Waals surface area contributed by atoms with Crippen molar-refractivity contribution in [3.8, 4) is 0 Å². The number of hydrogen-bond acceptors (Lipinski definition) is 1. The summed E-state index contributed by atoms with van der Waals surface area (Å²) >= 11 is 0. The first-order valence-electron chi connectivity index (χ1n) is 7.12. The van der Waals surface area contributed by atoms with Gasteiger partial charge in [-0.3, -0.25) is 4.90 Å². The minimum atomic E-state index is 1.02. The summed E-state index contributed by atoms with van der Waals surface area (Å²) in [6.07, 6.45) is 4.19. The van der Waals surface area contributed by atoms with Crippen molar-refractivity contribution in [3.05, 3.63) is 34.9 Å². The lowest BCUT2D eigenvalue weighted by Crippen LogP contribution is -2.32. The van der Waals surface area contributed by atoms with Gasteiger partial charge in [0.25, 0.3) is 0 Å². The molecule has 0 spiro atoms. The van der Waals surface area contributed by atoms with Crippen molar-refractivity contribution in [1.82, 2.24) is 4.90 Å². The second-order valence-electron chi connectivity index (χ2n) is 5.20. The van der Waals surface area contributed by atoms with E-state index in [0.29, 0.717) is 0 Å². The number of fused-ring (bicyclic) bond motifs is 1. The van der Waals surface area contributed by atoms with E-state index in [4.69, 9.17) is 0 Å². The fourth-order valence-electron chi connectivity index (χ4n) is 2.56. The van der Waals surface area contributed by atoms with Gasteiger partial charge in [-0.15, -0.1) is 0 Å². The lowest BCUT2D eigenvalue weighted by molar-refractivity contribution is 0.244. The Morgan fingerprint density at radius 1 is 1.18 bits per heavy atom. The summed E-state index contributed by atoms with van der Waals surface area (Å²) < 4.78 is 0. The van der Waals surface area contributed by atoms with E-state index >= 15 is 0 Å². The zero-order valence-corrected chi connectivity index (χ0v) is 11.5. The van der Waals surface area contributed by atoms with Gasteiger partial charge in [-0.25, -0.2) is 0 Å². The maximum atomic E-state index is 2.63. The van der Waals surface area contributed by atoms with E-state index in [9.17, 15) is 0 Å². The molecule has 1 heterocycles. The van der Waals surface area contributed by atoms with Crippen LogP contribution in [0.3, 0.4) is 0 Å². The molecule has 3 rings (SSSR count). The number of hydrogen-bond donors (Lipinski definition) is 0. The van der Waals surface area contributed by atoms with Crippen LogP contribution in [-0.4, -0.2) is 18.0 Å². The Balaban J connectivity index is 0.000000514. The first kappa shape index (κ1) is 12.6. The van der Waals surface area contributed by atoms with E-state index < -0.39 is 0 Å². The minimum absolute atomic E-state index is 1.02. The molecular formula is C16H25N. The lowest BCUT2D eigenvalue weighted by Gasteiger charge is -2.28. The molecule has 0 amide bonds. The van der Waals surface area contributed by atoms with Crippen LogP contribution in [0.25, 0.3) is 0 Å². The molecule has 0 radical (unpaired) electrons. The highest BCUT2D eigenvalue weighted by Crippen LogP contribution is 2.31. The molecule has 1 aliphatic carbocycles. The van der Waals surface area contributed by atoms with Crippen LogP contribution in [-0.2, 0) is 13.0 Å². The van der Waals surface area contributed by atoms with Crippen molar-refractivity contribution < 1.29 is 0 Å². The molecule has 94 valence electrons. The molecule has 0 aromatic heterocycles. The van der Waals surface area contributed by atoms with Crippen molar-refractivity contribution >= 4 is 0 Å². The summed E-state index contributed by atoms with van der Waals surface area (Å²) in [6.45, 7) is 9.99. The van der Waals surface area contributed by atoms with Crippen LogP contribution in [0, 0.1) is 12.8 Å². The molecule has 0 saturated heterocycles. The molecule has 0 unspecified atom stereocenters. The van der Waals surface area contributed by atoms with Gasteiger partial charge in [0.1, 0.15) is 0 Å². The SMILES string of the molecule is CC.Cc1ccc2c(c1)CCN(CC1CC1)C2. The number of rotatable bonds is 2. The summed E-state index contributed by atoms with van der Waals surface area (Å²) in [6, 6.07) is 6.94. The Hall–Kier alpha value is -0.820. The minimum Gasteiger partial charge on any atom is -0.298 e. The topological polar surface area (TPSA) is 3.24 Å². The number of benzene rings is 1. The van der Waals surface area contributed by atoms with E-state index in [0.717, 1.165) is 5.92 Å². The van der Waals surface area contributed by atoms with Gasteiger partial charge in [0.05, 0.1) is 0 Å². The van der Waals surface area contributed by atoms with Crippen molar-refractivity contribution in [2.45, 2.75) is 46.6 Å². The highest BCUT2D eigenvalue weighted by molar-refractivity contribution is 5.33. The van der Waals surface area contributed by atoms with E-state index in [1.165, 1.54) is 44.5 Å². The van der Waals surface area contributed by atoms with Gasteiger partial charge in [0.15, 0.2) is 0 Å². The first-order valence-corrected chi connectivity index (χ1v) is 7.12. The Kier molecular flexibility index (Phi) is 4.22. The Morgan fingerprint density at radius 2 is 1.94 bits per heavy atom. The molecule has 1 aliphatic heterocycles. The fraction of sp³-hybridized carbons (Fsp3) is 0.625. The van der Waals surface area contributed by atoms with Crippen molar-refractivity contribution in [2.75, 3.05) is 13.1 Å². The van der Waals surface area contributed by atoms with Gasteiger partial charge in [-0.2, -0.15) is 0 Å². The molecule has 1 nitrogen and oxygen atoms in total. The van der Waals surface area contributed by atoms with Crippen LogP contribution in [0.4, 0.5) is 0 Å². The van der Waals surface area contributed by atoms with E-state index in [1.807, 2.05) is 13.8 Å². The lowest BCUT2D eigenvalue weighted by atomic mass is 9.97. The normalized spacial score (nSPS) is 19.2. The van der Waals surface area contributed by atoms with Crippen LogP contribution in [0.1, 0.15) is 43.4 Å². The van der Waals surface area contributed by atoms with Crippen LogP contribution in [0.2, 0.25) is 0 Å².